The van der Waals surface area contributed by atoms with Crippen LogP contribution >= 0.6 is 0 Å². The predicted octanol–water partition coefficient (Wildman–Crippen LogP) is -1.84. The maximum atomic E-state index is 9.38. The molecular formula is C7H13NO3. The van der Waals surface area contributed by atoms with Gasteiger partial charge in [-0.3, -0.25) is 4.90 Å². The second-order valence-corrected chi connectivity index (χ2v) is 3.39. The molecule has 3 N–H and O–H groups in total. The Kier molecular flexibility index (Phi) is 1.64. The van der Waals surface area contributed by atoms with E-state index >= 15 is 0 Å². The Morgan fingerprint density at radius 1 is 1.36 bits per heavy atom. The van der Waals surface area contributed by atoms with E-state index in [-0.39, 0.29) is 12.6 Å². The average molecular weight is 159 g/mol. The van der Waals surface area contributed by atoms with Gasteiger partial charge >= 0.3 is 0 Å². The first-order valence-electron chi connectivity index (χ1n) is 3.96. The number of aliphatic hydroxyl groups excluding tert-OH is 3. The van der Waals surface area contributed by atoms with Crippen LogP contribution in [0.5, 0.6) is 0 Å². The normalized spacial score (nSPS) is 55.4. The average Bonchev–Trinajstić information content (AvgIpc) is 2.69. The highest BCUT2D eigenvalue weighted by atomic mass is 16.3. The number of nitrogens with zero attached hydrogens (tertiary/aromatic N) is 1. The largest absolute Gasteiger partial charge is 0.395 e. The molecule has 2 aliphatic rings. The molecule has 0 bridgehead atoms. The molecule has 4 nitrogen and oxygen atoms in total. The smallest absolute Gasteiger partial charge is 0.0976 e. The number of rotatable bonds is 1. The molecule has 4 heteroatoms. The molecule has 2 rings (SSSR count). The molecular weight excluding hydrogens is 146 g/mol. The zero-order valence-electron chi connectivity index (χ0n) is 6.22. The number of hydrogen-bond acceptors (Lipinski definition) is 4. The van der Waals surface area contributed by atoms with Crippen molar-refractivity contribution < 1.29 is 15.3 Å². The van der Waals surface area contributed by atoms with Crippen LogP contribution in [-0.2, 0) is 0 Å². The molecule has 0 aromatic carbocycles. The molecule has 2 heterocycles. The fraction of sp³-hybridized carbons (Fsp3) is 1.00. The van der Waals surface area contributed by atoms with E-state index in [0.717, 1.165) is 6.54 Å². The standard InChI is InChI=1S/C7H13NO3/c9-3-5-7(11)6(10)1-4-2-8(4)5/h4-7,9-11H,1-3H2/t4-,5+,6+,7+,8?/m0/s1. The number of piperidine rings is 1. The summed E-state index contributed by atoms with van der Waals surface area (Å²) in [5, 5.41) is 27.5. The van der Waals surface area contributed by atoms with Crippen LogP contribution in [0.25, 0.3) is 0 Å². The predicted molar refractivity (Wildman–Crippen MR) is 38.0 cm³/mol. The van der Waals surface area contributed by atoms with Gasteiger partial charge in [-0.25, -0.2) is 0 Å². The van der Waals surface area contributed by atoms with Crippen molar-refractivity contribution >= 4 is 0 Å². The first-order chi connectivity index (χ1) is 5.24. The van der Waals surface area contributed by atoms with Gasteiger partial charge in [0.1, 0.15) is 0 Å². The second-order valence-electron chi connectivity index (χ2n) is 3.39. The minimum atomic E-state index is -0.765. The Morgan fingerprint density at radius 3 is 2.73 bits per heavy atom. The van der Waals surface area contributed by atoms with Crippen LogP contribution < -0.4 is 0 Å². The topological polar surface area (TPSA) is 63.7 Å². The number of hydrogen-bond donors (Lipinski definition) is 3. The van der Waals surface area contributed by atoms with Crippen LogP contribution in [-0.4, -0.2) is 57.7 Å². The lowest BCUT2D eigenvalue weighted by Gasteiger charge is -2.31. The summed E-state index contributed by atoms with van der Waals surface area (Å²) in [7, 11) is 0. The van der Waals surface area contributed by atoms with Gasteiger partial charge in [0.05, 0.1) is 24.9 Å². The van der Waals surface area contributed by atoms with Gasteiger partial charge in [-0.1, -0.05) is 0 Å². The highest BCUT2D eigenvalue weighted by molar-refractivity contribution is 5.04. The molecule has 64 valence electrons. The minimum absolute atomic E-state index is 0.0608. The zero-order valence-corrected chi connectivity index (χ0v) is 6.22. The monoisotopic (exact) mass is 159 g/mol. The SMILES string of the molecule is OC[C@@H]1[C@@H](O)[C@H](O)C[C@H]2CN21. The van der Waals surface area contributed by atoms with E-state index in [2.05, 4.69) is 0 Å². The molecule has 2 fully saturated rings. The quantitative estimate of drug-likeness (QED) is 0.393. The minimum Gasteiger partial charge on any atom is -0.395 e. The van der Waals surface area contributed by atoms with Crippen LogP contribution in [0.1, 0.15) is 6.42 Å². The maximum Gasteiger partial charge on any atom is 0.0976 e. The van der Waals surface area contributed by atoms with Crippen molar-refractivity contribution in [1.82, 2.24) is 4.90 Å². The molecule has 0 radical (unpaired) electrons. The number of fused-ring (bicyclic) bond motifs is 1. The van der Waals surface area contributed by atoms with Gasteiger partial charge < -0.3 is 15.3 Å². The van der Waals surface area contributed by atoms with Gasteiger partial charge in [-0.15, -0.1) is 0 Å². The first-order valence-corrected chi connectivity index (χ1v) is 3.96. The Morgan fingerprint density at radius 2 is 2.09 bits per heavy atom. The lowest BCUT2D eigenvalue weighted by atomic mass is 9.99. The fourth-order valence-electron chi connectivity index (χ4n) is 1.90. The summed E-state index contributed by atoms with van der Waals surface area (Å²) in [5.41, 5.74) is 0. The molecule has 5 atom stereocenters. The third-order valence-corrected chi connectivity index (χ3v) is 2.67. The number of aliphatic hydroxyl groups is 3. The fourth-order valence-corrected chi connectivity index (χ4v) is 1.90. The molecule has 0 saturated carbocycles. The van der Waals surface area contributed by atoms with E-state index in [1.54, 1.807) is 0 Å². The van der Waals surface area contributed by atoms with Crippen molar-refractivity contribution in [2.45, 2.75) is 30.7 Å². The molecule has 0 spiro atoms. The summed E-state index contributed by atoms with van der Waals surface area (Å²) in [6.07, 6.45) is -0.757. The molecule has 0 aliphatic carbocycles. The molecule has 11 heavy (non-hydrogen) atoms. The molecule has 0 amide bonds. The first kappa shape index (κ1) is 7.49. The van der Waals surface area contributed by atoms with Crippen molar-refractivity contribution in [2.75, 3.05) is 13.2 Å². The summed E-state index contributed by atoms with van der Waals surface area (Å²) < 4.78 is 0. The highest BCUT2D eigenvalue weighted by Gasteiger charge is 2.49. The summed E-state index contributed by atoms with van der Waals surface area (Å²) in [5.74, 6) is 0. The third kappa shape index (κ3) is 1.06. The lowest BCUT2D eigenvalue weighted by Crippen LogP contribution is -2.49. The van der Waals surface area contributed by atoms with E-state index in [0.29, 0.717) is 12.5 Å². The van der Waals surface area contributed by atoms with Crippen molar-refractivity contribution in [3.63, 3.8) is 0 Å². The van der Waals surface area contributed by atoms with Gasteiger partial charge in [-0.2, -0.15) is 0 Å². The second kappa shape index (κ2) is 2.42. The molecule has 1 unspecified atom stereocenters. The summed E-state index contributed by atoms with van der Waals surface area (Å²) in [6.45, 7) is 0.855. The summed E-state index contributed by atoms with van der Waals surface area (Å²) >= 11 is 0. The van der Waals surface area contributed by atoms with Crippen LogP contribution in [0.15, 0.2) is 0 Å². The van der Waals surface area contributed by atoms with Crippen molar-refractivity contribution in [1.29, 1.82) is 0 Å². The van der Waals surface area contributed by atoms with E-state index in [9.17, 15) is 10.2 Å². The van der Waals surface area contributed by atoms with Crippen LogP contribution in [0.3, 0.4) is 0 Å². The highest BCUT2D eigenvalue weighted by Crippen LogP contribution is 2.33. The Hall–Kier alpha value is -0.160. The van der Waals surface area contributed by atoms with Gasteiger partial charge in [-0.05, 0) is 6.42 Å². The van der Waals surface area contributed by atoms with Gasteiger partial charge in [0.25, 0.3) is 0 Å². The van der Waals surface area contributed by atoms with Crippen molar-refractivity contribution in [3.05, 3.63) is 0 Å². The summed E-state index contributed by atoms with van der Waals surface area (Å²) in [4.78, 5) is 2.03. The molecule has 2 saturated heterocycles. The third-order valence-electron chi connectivity index (χ3n) is 2.67. The van der Waals surface area contributed by atoms with Gasteiger partial charge in [0.15, 0.2) is 0 Å². The molecule has 0 aromatic heterocycles. The van der Waals surface area contributed by atoms with Crippen molar-refractivity contribution in [2.24, 2.45) is 0 Å². The Labute approximate surface area is 65.1 Å². The zero-order chi connectivity index (χ0) is 8.01. The lowest BCUT2D eigenvalue weighted by molar-refractivity contribution is -0.0574. The molecule has 0 aromatic rings. The maximum absolute atomic E-state index is 9.38. The Balaban J connectivity index is 2.05. The van der Waals surface area contributed by atoms with Crippen molar-refractivity contribution in [3.8, 4) is 0 Å². The van der Waals surface area contributed by atoms with E-state index in [1.807, 2.05) is 4.90 Å². The Bertz CT molecular complexity index is 164. The van der Waals surface area contributed by atoms with Crippen LogP contribution in [0.4, 0.5) is 0 Å². The molecule has 2 aliphatic heterocycles. The van der Waals surface area contributed by atoms with E-state index in [1.165, 1.54) is 0 Å². The van der Waals surface area contributed by atoms with Crippen LogP contribution in [0, 0.1) is 0 Å². The van der Waals surface area contributed by atoms with E-state index in [4.69, 9.17) is 5.11 Å². The summed E-state index contributed by atoms with van der Waals surface area (Å²) in [6, 6.07) is 0.175. The van der Waals surface area contributed by atoms with E-state index < -0.39 is 12.2 Å². The van der Waals surface area contributed by atoms with Gasteiger partial charge in [0.2, 0.25) is 0 Å². The van der Waals surface area contributed by atoms with Crippen LogP contribution in [0.2, 0.25) is 0 Å². The van der Waals surface area contributed by atoms with Gasteiger partial charge in [0, 0.05) is 12.6 Å².